The van der Waals surface area contributed by atoms with Crippen molar-refractivity contribution in [3.8, 4) is 22.6 Å². The van der Waals surface area contributed by atoms with E-state index in [0.29, 0.717) is 22.2 Å². The van der Waals surface area contributed by atoms with E-state index in [0.717, 1.165) is 17.7 Å². The summed E-state index contributed by atoms with van der Waals surface area (Å²) < 4.78 is 5.43. The molecule has 0 spiro atoms. The Hall–Kier alpha value is -2.34. The van der Waals surface area contributed by atoms with Crippen molar-refractivity contribution < 1.29 is 4.42 Å². The maximum absolute atomic E-state index is 12.3. The topological polar surface area (TPSA) is 71.8 Å². The lowest BCUT2D eigenvalue weighted by Crippen LogP contribution is -2.14. The van der Waals surface area contributed by atoms with E-state index in [1.807, 2.05) is 36.4 Å². The minimum absolute atomic E-state index is 0.243. The van der Waals surface area contributed by atoms with Gasteiger partial charge < -0.3 is 4.42 Å². The van der Waals surface area contributed by atoms with Crippen molar-refractivity contribution >= 4 is 11.8 Å². The monoisotopic (exact) mass is 313 g/mol. The zero-order valence-electron chi connectivity index (χ0n) is 12.1. The van der Waals surface area contributed by atoms with Gasteiger partial charge in [0.05, 0.1) is 6.26 Å². The van der Waals surface area contributed by atoms with Crippen molar-refractivity contribution in [2.24, 2.45) is 0 Å². The van der Waals surface area contributed by atoms with Gasteiger partial charge in [-0.2, -0.15) is 0 Å². The molecule has 5 nitrogen and oxygen atoms in total. The van der Waals surface area contributed by atoms with Crippen LogP contribution < -0.4 is 5.56 Å². The minimum Gasteiger partial charge on any atom is -0.464 e. The second-order valence-corrected chi connectivity index (χ2v) is 5.76. The maximum atomic E-state index is 12.3. The predicted molar refractivity (Wildman–Crippen MR) is 86.8 cm³/mol. The summed E-state index contributed by atoms with van der Waals surface area (Å²) in [7, 11) is 0. The molecule has 0 saturated heterocycles. The molecule has 0 bridgehead atoms. The Balaban J connectivity index is 2.04. The number of rotatable bonds is 5. The summed E-state index contributed by atoms with van der Waals surface area (Å²) in [6.07, 6.45) is 2.62. The average Bonchev–Trinajstić information content (AvgIpc) is 3.07. The van der Waals surface area contributed by atoms with Crippen molar-refractivity contribution in [3.63, 3.8) is 0 Å². The van der Waals surface area contributed by atoms with E-state index in [2.05, 4.69) is 22.1 Å². The molecule has 1 aromatic carbocycles. The number of aromatic nitrogens is 3. The second kappa shape index (κ2) is 6.62. The minimum atomic E-state index is -0.243. The highest BCUT2D eigenvalue weighted by molar-refractivity contribution is 7.99. The zero-order valence-corrected chi connectivity index (χ0v) is 12.9. The molecule has 0 saturated carbocycles. The number of aromatic amines is 1. The maximum Gasteiger partial charge on any atom is 0.278 e. The normalized spacial score (nSPS) is 10.8. The number of thioether (sulfide) groups is 1. The van der Waals surface area contributed by atoms with Crippen LogP contribution in [0.4, 0.5) is 0 Å². The molecule has 0 unspecified atom stereocenters. The summed E-state index contributed by atoms with van der Waals surface area (Å²) in [5.41, 5.74) is 1.58. The van der Waals surface area contributed by atoms with E-state index in [4.69, 9.17) is 4.42 Å². The standard InChI is InChI=1S/C16H15N3O2S/c1-2-10-22-16-17-15(20)14(18-19-16)12-7-4-3-6-11(12)13-8-5-9-21-13/h3-9H,2,10H2,1H3,(H,17,19,20). The van der Waals surface area contributed by atoms with E-state index in [-0.39, 0.29) is 5.56 Å². The molecule has 0 amide bonds. The van der Waals surface area contributed by atoms with Crippen LogP contribution in [0.15, 0.2) is 57.0 Å². The molecule has 0 radical (unpaired) electrons. The fourth-order valence-corrected chi connectivity index (χ4v) is 2.76. The van der Waals surface area contributed by atoms with Gasteiger partial charge in [-0.05, 0) is 18.6 Å². The third-order valence-electron chi connectivity index (χ3n) is 3.09. The van der Waals surface area contributed by atoms with Crippen LogP contribution in [0, 0.1) is 0 Å². The summed E-state index contributed by atoms with van der Waals surface area (Å²) in [6.45, 7) is 2.08. The number of nitrogens with one attached hydrogen (secondary N) is 1. The van der Waals surface area contributed by atoms with Gasteiger partial charge in [-0.1, -0.05) is 43.0 Å². The lowest BCUT2D eigenvalue weighted by atomic mass is 10.0. The van der Waals surface area contributed by atoms with Crippen molar-refractivity contribution in [2.75, 3.05) is 5.75 Å². The van der Waals surface area contributed by atoms with Crippen molar-refractivity contribution in [1.29, 1.82) is 0 Å². The molecular formula is C16H15N3O2S. The fourth-order valence-electron chi connectivity index (χ4n) is 2.10. The van der Waals surface area contributed by atoms with Crippen LogP contribution in [-0.2, 0) is 0 Å². The summed E-state index contributed by atoms with van der Waals surface area (Å²) in [4.78, 5) is 15.1. The molecule has 2 aromatic heterocycles. The van der Waals surface area contributed by atoms with Crippen molar-refractivity contribution in [3.05, 3.63) is 53.0 Å². The Bertz CT molecular complexity index is 812. The second-order valence-electron chi connectivity index (χ2n) is 4.68. The lowest BCUT2D eigenvalue weighted by Gasteiger charge is -2.06. The van der Waals surface area contributed by atoms with Crippen molar-refractivity contribution in [1.82, 2.24) is 15.2 Å². The van der Waals surface area contributed by atoms with E-state index in [1.54, 1.807) is 6.26 Å². The predicted octanol–water partition coefficient (Wildman–Crippen LogP) is 3.59. The highest BCUT2D eigenvalue weighted by Gasteiger charge is 2.14. The lowest BCUT2D eigenvalue weighted by molar-refractivity contribution is 0.582. The van der Waals surface area contributed by atoms with Gasteiger partial charge >= 0.3 is 0 Å². The quantitative estimate of drug-likeness (QED) is 0.729. The van der Waals surface area contributed by atoms with Crippen molar-refractivity contribution in [2.45, 2.75) is 18.5 Å². The zero-order chi connectivity index (χ0) is 15.4. The molecule has 2 heterocycles. The Kier molecular flexibility index (Phi) is 4.39. The summed E-state index contributed by atoms with van der Waals surface area (Å²) in [6, 6.07) is 11.2. The molecule has 0 aliphatic rings. The molecule has 0 aliphatic heterocycles. The molecular weight excluding hydrogens is 298 g/mol. The van der Waals surface area contributed by atoms with Gasteiger partial charge in [0, 0.05) is 16.9 Å². The van der Waals surface area contributed by atoms with Gasteiger partial charge in [0.1, 0.15) is 5.76 Å². The highest BCUT2D eigenvalue weighted by atomic mass is 32.2. The van der Waals surface area contributed by atoms with Gasteiger partial charge in [0.15, 0.2) is 10.9 Å². The Labute approximate surface area is 131 Å². The summed E-state index contributed by atoms with van der Waals surface area (Å²) in [5, 5.41) is 8.77. The van der Waals surface area contributed by atoms with E-state index < -0.39 is 0 Å². The SMILES string of the molecule is CCCSc1nnc(-c2ccccc2-c2ccco2)c(=O)[nH]1. The summed E-state index contributed by atoms with van der Waals surface area (Å²) in [5.74, 6) is 1.59. The van der Waals surface area contributed by atoms with Crippen LogP contribution in [0.3, 0.4) is 0 Å². The number of benzene rings is 1. The highest BCUT2D eigenvalue weighted by Crippen LogP contribution is 2.29. The first kappa shape index (κ1) is 14.6. The number of hydrogen-bond acceptors (Lipinski definition) is 5. The van der Waals surface area contributed by atoms with Gasteiger partial charge in [-0.3, -0.25) is 9.78 Å². The van der Waals surface area contributed by atoms with Gasteiger partial charge in [0.2, 0.25) is 0 Å². The first-order chi connectivity index (χ1) is 10.8. The van der Waals surface area contributed by atoms with Crippen LogP contribution in [-0.4, -0.2) is 20.9 Å². The molecule has 0 atom stereocenters. The van der Waals surface area contributed by atoms with Crippen LogP contribution >= 0.6 is 11.8 Å². The molecule has 0 aliphatic carbocycles. The third kappa shape index (κ3) is 2.96. The Morgan fingerprint density at radius 3 is 2.64 bits per heavy atom. The molecule has 6 heteroatoms. The smallest absolute Gasteiger partial charge is 0.278 e. The Morgan fingerprint density at radius 1 is 1.14 bits per heavy atom. The van der Waals surface area contributed by atoms with Crippen LogP contribution in [0.5, 0.6) is 0 Å². The van der Waals surface area contributed by atoms with Crippen LogP contribution in [0.25, 0.3) is 22.6 Å². The van der Waals surface area contributed by atoms with Crippen LogP contribution in [0.1, 0.15) is 13.3 Å². The Morgan fingerprint density at radius 2 is 1.95 bits per heavy atom. The van der Waals surface area contributed by atoms with E-state index in [1.165, 1.54) is 11.8 Å². The van der Waals surface area contributed by atoms with E-state index >= 15 is 0 Å². The van der Waals surface area contributed by atoms with Crippen LogP contribution in [0.2, 0.25) is 0 Å². The molecule has 0 fully saturated rings. The van der Waals surface area contributed by atoms with Gasteiger partial charge in [0.25, 0.3) is 5.56 Å². The number of furan rings is 1. The first-order valence-electron chi connectivity index (χ1n) is 7.02. The van der Waals surface area contributed by atoms with Gasteiger partial charge in [-0.15, -0.1) is 10.2 Å². The molecule has 1 N–H and O–H groups in total. The number of nitrogens with zero attached hydrogens (tertiary/aromatic N) is 2. The third-order valence-corrected chi connectivity index (χ3v) is 4.16. The van der Waals surface area contributed by atoms with E-state index in [9.17, 15) is 4.79 Å². The largest absolute Gasteiger partial charge is 0.464 e. The fraction of sp³-hybridized carbons (Fsp3) is 0.188. The molecule has 3 aromatic rings. The summed E-state index contributed by atoms with van der Waals surface area (Å²) >= 11 is 1.49. The number of H-pyrrole nitrogens is 1. The molecule has 112 valence electrons. The van der Waals surface area contributed by atoms with Gasteiger partial charge in [-0.25, -0.2) is 0 Å². The average molecular weight is 313 g/mol. The molecule has 22 heavy (non-hydrogen) atoms. The molecule has 3 rings (SSSR count). The first-order valence-corrected chi connectivity index (χ1v) is 8.01. The number of hydrogen-bond donors (Lipinski definition) is 1.